The molecule has 1 aliphatic rings. The van der Waals surface area contributed by atoms with Crippen molar-refractivity contribution in [1.82, 2.24) is 9.97 Å². The van der Waals surface area contributed by atoms with E-state index in [-0.39, 0.29) is 5.82 Å². The number of hydrogen-bond acceptors (Lipinski definition) is 6. The number of anilines is 5. The number of nitrogen functional groups attached to an aromatic ring is 1. The standard InChI is InChI=1S/C20H20BrFN6/c21-14-4-3-5-15(12-14)26-19-18(23)20(25-13-24-19)28-10-8-27(9-11-28)17-7-2-1-6-16(17)22/h1-7,12-13H,8-11,23H2,(H,24,25,26). The van der Waals surface area contributed by atoms with Crippen LogP contribution >= 0.6 is 15.9 Å². The van der Waals surface area contributed by atoms with E-state index in [9.17, 15) is 4.39 Å². The summed E-state index contributed by atoms with van der Waals surface area (Å²) in [5.74, 6) is 1.07. The number of aromatic nitrogens is 2. The molecule has 0 unspecified atom stereocenters. The lowest BCUT2D eigenvalue weighted by molar-refractivity contribution is 0.596. The molecule has 144 valence electrons. The van der Waals surface area contributed by atoms with Crippen molar-refractivity contribution in [3.63, 3.8) is 0 Å². The highest BCUT2D eigenvalue weighted by Gasteiger charge is 2.22. The van der Waals surface area contributed by atoms with Crippen molar-refractivity contribution >= 4 is 44.6 Å². The minimum absolute atomic E-state index is 0.196. The lowest BCUT2D eigenvalue weighted by atomic mass is 10.2. The molecule has 4 rings (SSSR count). The topological polar surface area (TPSA) is 70.3 Å². The Labute approximate surface area is 171 Å². The summed E-state index contributed by atoms with van der Waals surface area (Å²) in [7, 11) is 0. The van der Waals surface area contributed by atoms with Crippen LogP contribution in [0.1, 0.15) is 0 Å². The minimum atomic E-state index is -0.196. The summed E-state index contributed by atoms with van der Waals surface area (Å²) < 4.78 is 15.0. The molecule has 0 atom stereocenters. The predicted octanol–water partition coefficient (Wildman–Crippen LogP) is 4.03. The maximum atomic E-state index is 14.0. The van der Waals surface area contributed by atoms with Crippen LogP contribution in [-0.2, 0) is 0 Å². The number of rotatable bonds is 4. The lowest BCUT2D eigenvalue weighted by Gasteiger charge is -2.37. The molecule has 2 heterocycles. The van der Waals surface area contributed by atoms with Crippen molar-refractivity contribution in [3.05, 3.63) is 65.1 Å². The molecule has 0 amide bonds. The van der Waals surface area contributed by atoms with Gasteiger partial charge in [0.25, 0.3) is 0 Å². The molecule has 1 saturated heterocycles. The number of nitrogens with two attached hydrogens (primary N) is 1. The predicted molar refractivity (Wildman–Crippen MR) is 115 cm³/mol. The smallest absolute Gasteiger partial charge is 0.159 e. The molecule has 3 N–H and O–H groups in total. The van der Waals surface area contributed by atoms with Gasteiger partial charge in [-0.15, -0.1) is 0 Å². The summed E-state index contributed by atoms with van der Waals surface area (Å²) >= 11 is 3.46. The van der Waals surface area contributed by atoms with Crippen molar-refractivity contribution in [2.75, 3.05) is 47.0 Å². The zero-order valence-corrected chi connectivity index (χ0v) is 16.7. The largest absolute Gasteiger partial charge is 0.393 e. The van der Waals surface area contributed by atoms with Crippen LogP contribution in [0.2, 0.25) is 0 Å². The van der Waals surface area contributed by atoms with E-state index in [4.69, 9.17) is 5.73 Å². The number of nitrogens with one attached hydrogen (secondary N) is 1. The molecule has 1 fully saturated rings. The first-order valence-electron chi connectivity index (χ1n) is 8.99. The van der Waals surface area contributed by atoms with Crippen LogP contribution in [0.25, 0.3) is 0 Å². The number of piperazine rings is 1. The fourth-order valence-corrected chi connectivity index (χ4v) is 3.71. The van der Waals surface area contributed by atoms with E-state index in [0.717, 1.165) is 10.2 Å². The molecule has 6 nitrogen and oxygen atoms in total. The molecule has 3 aromatic rings. The van der Waals surface area contributed by atoms with E-state index in [0.29, 0.717) is 49.2 Å². The van der Waals surface area contributed by atoms with Gasteiger partial charge in [-0.2, -0.15) is 0 Å². The number of halogens is 2. The van der Waals surface area contributed by atoms with Crippen LogP contribution in [0.5, 0.6) is 0 Å². The fraction of sp³-hybridized carbons (Fsp3) is 0.200. The molecule has 8 heteroatoms. The Morgan fingerprint density at radius 2 is 1.71 bits per heavy atom. The van der Waals surface area contributed by atoms with Gasteiger partial charge in [0, 0.05) is 36.3 Å². The van der Waals surface area contributed by atoms with E-state index < -0.39 is 0 Å². The molecule has 0 radical (unpaired) electrons. The Kier molecular flexibility index (Phi) is 5.29. The van der Waals surface area contributed by atoms with Gasteiger partial charge < -0.3 is 20.9 Å². The summed E-state index contributed by atoms with van der Waals surface area (Å²) in [5.41, 5.74) is 8.38. The summed E-state index contributed by atoms with van der Waals surface area (Å²) in [5, 5.41) is 3.24. The van der Waals surface area contributed by atoms with Crippen molar-refractivity contribution in [2.24, 2.45) is 0 Å². The van der Waals surface area contributed by atoms with Crippen LogP contribution in [0.3, 0.4) is 0 Å². The van der Waals surface area contributed by atoms with E-state index in [1.165, 1.54) is 12.4 Å². The minimum Gasteiger partial charge on any atom is -0.393 e. The molecule has 0 aliphatic carbocycles. The van der Waals surface area contributed by atoms with Crippen LogP contribution < -0.4 is 20.9 Å². The van der Waals surface area contributed by atoms with Crippen molar-refractivity contribution in [3.8, 4) is 0 Å². The van der Waals surface area contributed by atoms with Crippen LogP contribution in [0.15, 0.2) is 59.3 Å². The van der Waals surface area contributed by atoms with Gasteiger partial charge in [0.15, 0.2) is 11.6 Å². The average Bonchev–Trinajstić information content (AvgIpc) is 2.70. The number of hydrogen-bond donors (Lipinski definition) is 2. The first-order valence-corrected chi connectivity index (χ1v) is 9.78. The number of para-hydroxylation sites is 1. The summed E-state index contributed by atoms with van der Waals surface area (Å²) in [6.45, 7) is 2.79. The second-order valence-electron chi connectivity index (χ2n) is 6.52. The van der Waals surface area contributed by atoms with E-state index in [1.807, 2.05) is 41.3 Å². The molecule has 0 saturated carbocycles. The summed E-state index contributed by atoms with van der Waals surface area (Å²) in [4.78, 5) is 12.8. The van der Waals surface area contributed by atoms with Gasteiger partial charge in [-0.05, 0) is 30.3 Å². The second kappa shape index (κ2) is 8.02. The van der Waals surface area contributed by atoms with Crippen molar-refractivity contribution < 1.29 is 4.39 Å². The summed E-state index contributed by atoms with van der Waals surface area (Å²) in [6.07, 6.45) is 1.51. The van der Waals surface area contributed by atoms with E-state index >= 15 is 0 Å². The Hall–Kier alpha value is -2.87. The van der Waals surface area contributed by atoms with E-state index in [1.54, 1.807) is 6.07 Å². The molecule has 2 aromatic carbocycles. The van der Waals surface area contributed by atoms with E-state index in [2.05, 4.69) is 36.1 Å². The van der Waals surface area contributed by atoms with Gasteiger partial charge in [-0.25, -0.2) is 14.4 Å². The Morgan fingerprint density at radius 3 is 2.46 bits per heavy atom. The van der Waals surface area contributed by atoms with Crippen LogP contribution in [-0.4, -0.2) is 36.1 Å². The third-order valence-corrected chi connectivity index (χ3v) is 5.22. The molecule has 0 spiro atoms. The fourth-order valence-electron chi connectivity index (χ4n) is 3.31. The monoisotopic (exact) mass is 442 g/mol. The number of nitrogens with zero attached hydrogens (tertiary/aromatic N) is 4. The van der Waals surface area contributed by atoms with Crippen LogP contribution in [0.4, 0.5) is 33.1 Å². The Balaban J connectivity index is 1.49. The molecule has 1 aliphatic heterocycles. The first-order chi connectivity index (χ1) is 13.6. The maximum absolute atomic E-state index is 14.0. The van der Waals surface area contributed by atoms with Gasteiger partial charge in [0.2, 0.25) is 0 Å². The Bertz CT molecular complexity index is 974. The highest BCUT2D eigenvalue weighted by atomic mass is 79.9. The first kappa shape index (κ1) is 18.5. The third-order valence-electron chi connectivity index (χ3n) is 4.72. The molecular formula is C20H20BrFN6. The molecule has 28 heavy (non-hydrogen) atoms. The molecule has 0 bridgehead atoms. The van der Waals surface area contributed by atoms with Crippen molar-refractivity contribution in [2.45, 2.75) is 0 Å². The molecule has 1 aromatic heterocycles. The molecular weight excluding hydrogens is 423 g/mol. The number of benzene rings is 2. The highest BCUT2D eigenvalue weighted by Crippen LogP contribution is 2.30. The van der Waals surface area contributed by atoms with Gasteiger partial charge in [0.05, 0.1) is 5.69 Å². The SMILES string of the molecule is Nc1c(Nc2cccc(Br)c2)ncnc1N1CCN(c2ccccc2F)CC1. The zero-order valence-electron chi connectivity index (χ0n) is 15.1. The second-order valence-corrected chi connectivity index (χ2v) is 7.44. The van der Waals surface area contributed by atoms with Gasteiger partial charge in [-0.3, -0.25) is 0 Å². The third kappa shape index (κ3) is 3.87. The summed E-state index contributed by atoms with van der Waals surface area (Å²) in [6, 6.07) is 14.6. The van der Waals surface area contributed by atoms with Gasteiger partial charge in [-0.1, -0.05) is 34.1 Å². The quantitative estimate of drug-likeness (QED) is 0.635. The van der Waals surface area contributed by atoms with Crippen molar-refractivity contribution in [1.29, 1.82) is 0 Å². The Morgan fingerprint density at radius 1 is 0.964 bits per heavy atom. The lowest BCUT2D eigenvalue weighted by Crippen LogP contribution is -2.47. The highest BCUT2D eigenvalue weighted by molar-refractivity contribution is 9.10. The average molecular weight is 443 g/mol. The zero-order chi connectivity index (χ0) is 19.5. The normalized spacial score (nSPS) is 14.2. The van der Waals surface area contributed by atoms with Gasteiger partial charge >= 0.3 is 0 Å². The van der Waals surface area contributed by atoms with Gasteiger partial charge in [0.1, 0.15) is 17.8 Å². The van der Waals surface area contributed by atoms with Crippen LogP contribution in [0, 0.1) is 5.82 Å². The maximum Gasteiger partial charge on any atom is 0.159 e.